The zero-order chi connectivity index (χ0) is 20.3. The van der Waals surface area contributed by atoms with E-state index < -0.39 is 42.8 Å². The van der Waals surface area contributed by atoms with Gasteiger partial charge >= 0.3 is 0 Å². The number of aromatic nitrogens is 2. The normalized spacial score (nSPS) is 15.8. The van der Waals surface area contributed by atoms with Crippen LogP contribution in [0, 0.1) is 0 Å². The predicted molar refractivity (Wildman–Crippen MR) is 98.5 cm³/mol. The van der Waals surface area contributed by atoms with Gasteiger partial charge in [0.15, 0.2) is 6.10 Å². The van der Waals surface area contributed by atoms with Crippen LogP contribution >= 0.6 is 31.9 Å². The summed E-state index contributed by atoms with van der Waals surface area (Å²) >= 11 is 6.56. The number of fused-ring (bicyclic) bond motifs is 1. The Morgan fingerprint density at radius 1 is 1.07 bits per heavy atom. The lowest BCUT2D eigenvalue weighted by Gasteiger charge is -2.24. The molecule has 146 valence electrons. The number of aliphatic hydroxyl groups is 5. The number of hydrogen-bond acceptors (Lipinski definition) is 9. The molecule has 0 aliphatic heterocycles. The first-order chi connectivity index (χ1) is 12.7. The number of imide groups is 1. The summed E-state index contributed by atoms with van der Waals surface area (Å²) in [7, 11) is 0. The van der Waals surface area contributed by atoms with E-state index in [1.54, 1.807) is 12.1 Å². The van der Waals surface area contributed by atoms with Crippen LogP contribution in [0.1, 0.15) is 10.5 Å². The Labute approximate surface area is 169 Å². The van der Waals surface area contributed by atoms with E-state index >= 15 is 0 Å². The number of carbonyl (C=O) groups excluding carboxylic acids is 2. The smallest absolute Gasteiger partial charge is 0.277 e. The summed E-state index contributed by atoms with van der Waals surface area (Å²) in [5.41, 5.74) is 0.251. The molecule has 0 aliphatic rings. The Morgan fingerprint density at radius 2 is 1.74 bits per heavy atom. The minimum absolute atomic E-state index is 0.159. The van der Waals surface area contributed by atoms with E-state index in [0.29, 0.717) is 19.8 Å². The van der Waals surface area contributed by atoms with Gasteiger partial charge in [-0.15, -0.1) is 0 Å². The molecule has 12 heteroatoms. The van der Waals surface area contributed by atoms with Crippen molar-refractivity contribution in [1.29, 1.82) is 0 Å². The standard InChI is InChI=1S/C15H15Br2N3O7/c16-5-1-6-9(7(17)2-5)18-4-19-10(6)14(26)20-15(27)13(25)12(24)11(23)8(22)3-21/h1-2,4,8,11-13,21-25H,3H2,(H,20,26,27). The van der Waals surface area contributed by atoms with Crippen molar-refractivity contribution in [2.24, 2.45) is 0 Å². The van der Waals surface area contributed by atoms with Crippen molar-refractivity contribution < 1.29 is 35.1 Å². The van der Waals surface area contributed by atoms with E-state index in [9.17, 15) is 30.0 Å². The molecule has 1 aromatic carbocycles. The van der Waals surface area contributed by atoms with Gasteiger partial charge in [-0.1, -0.05) is 15.9 Å². The largest absolute Gasteiger partial charge is 0.394 e. The van der Waals surface area contributed by atoms with Crippen LogP contribution in [-0.4, -0.2) is 78.3 Å². The van der Waals surface area contributed by atoms with Crippen LogP contribution in [-0.2, 0) is 4.79 Å². The topological polar surface area (TPSA) is 173 Å². The molecule has 0 fully saturated rings. The van der Waals surface area contributed by atoms with Gasteiger partial charge in [0, 0.05) is 14.3 Å². The molecule has 0 saturated carbocycles. The first-order valence-corrected chi connectivity index (χ1v) is 9.04. The molecule has 0 radical (unpaired) electrons. The maximum absolute atomic E-state index is 12.4. The Hall–Kier alpha value is -1.54. The fourth-order valence-electron chi connectivity index (χ4n) is 2.20. The van der Waals surface area contributed by atoms with Crippen LogP contribution in [0.5, 0.6) is 0 Å². The van der Waals surface area contributed by atoms with E-state index in [4.69, 9.17) is 5.11 Å². The summed E-state index contributed by atoms with van der Waals surface area (Å²) in [6, 6.07) is 3.27. The van der Waals surface area contributed by atoms with Crippen molar-refractivity contribution in [3.8, 4) is 0 Å². The van der Waals surface area contributed by atoms with Gasteiger partial charge in [0.1, 0.15) is 30.3 Å². The lowest BCUT2D eigenvalue weighted by Crippen LogP contribution is -2.52. The molecule has 10 nitrogen and oxygen atoms in total. The van der Waals surface area contributed by atoms with Gasteiger partial charge in [-0.3, -0.25) is 14.9 Å². The molecule has 0 spiro atoms. The van der Waals surface area contributed by atoms with Crippen molar-refractivity contribution in [2.45, 2.75) is 24.4 Å². The van der Waals surface area contributed by atoms with Crippen LogP contribution < -0.4 is 5.32 Å². The molecule has 0 aliphatic carbocycles. The number of rotatable bonds is 6. The number of hydrogen-bond donors (Lipinski definition) is 6. The molecule has 27 heavy (non-hydrogen) atoms. The van der Waals surface area contributed by atoms with Crippen LogP contribution in [0.3, 0.4) is 0 Å². The Bertz CT molecular complexity index is 867. The van der Waals surface area contributed by atoms with Crippen molar-refractivity contribution in [2.75, 3.05) is 6.61 Å². The number of aliphatic hydroxyl groups excluding tert-OH is 5. The molecule has 6 N–H and O–H groups in total. The zero-order valence-corrected chi connectivity index (χ0v) is 16.6. The summed E-state index contributed by atoms with van der Waals surface area (Å²) in [5.74, 6) is -2.29. The highest BCUT2D eigenvalue weighted by atomic mass is 79.9. The van der Waals surface area contributed by atoms with E-state index in [2.05, 4.69) is 41.8 Å². The number of halogens is 2. The quantitative estimate of drug-likeness (QED) is 0.281. The fourth-order valence-corrected chi connectivity index (χ4v) is 3.52. The molecule has 1 aromatic heterocycles. The van der Waals surface area contributed by atoms with Gasteiger partial charge in [-0.2, -0.15) is 0 Å². The third-order valence-corrected chi connectivity index (χ3v) is 4.69. The third-order valence-electron chi connectivity index (χ3n) is 3.63. The van der Waals surface area contributed by atoms with Gasteiger partial charge in [0.2, 0.25) is 0 Å². The summed E-state index contributed by atoms with van der Waals surface area (Å²) in [5, 5.41) is 49.2. The van der Waals surface area contributed by atoms with Gasteiger partial charge in [0.25, 0.3) is 11.8 Å². The molecule has 2 aromatic rings. The van der Waals surface area contributed by atoms with Crippen molar-refractivity contribution >= 4 is 54.6 Å². The molecular weight excluding hydrogens is 494 g/mol. The van der Waals surface area contributed by atoms with Crippen LogP contribution in [0.25, 0.3) is 10.9 Å². The van der Waals surface area contributed by atoms with Crippen LogP contribution in [0.2, 0.25) is 0 Å². The second kappa shape index (κ2) is 9.10. The van der Waals surface area contributed by atoms with Crippen molar-refractivity contribution in [3.63, 3.8) is 0 Å². The number of benzene rings is 1. The first kappa shape index (κ1) is 21.8. The Balaban J connectivity index is 2.22. The van der Waals surface area contributed by atoms with E-state index in [-0.39, 0.29) is 5.69 Å². The Kier molecular flexibility index (Phi) is 7.33. The maximum atomic E-state index is 12.4. The third kappa shape index (κ3) is 4.85. The first-order valence-electron chi connectivity index (χ1n) is 7.45. The number of nitrogens with one attached hydrogen (secondary N) is 1. The highest BCUT2D eigenvalue weighted by Gasteiger charge is 2.35. The van der Waals surface area contributed by atoms with Crippen molar-refractivity contribution in [1.82, 2.24) is 15.3 Å². The highest BCUT2D eigenvalue weighted by molar-refractivity contribution is 9.11. The second-order valence-electron chi connectivity index (χ2n) is 5.50. The number of nitrogens with zero attached hydrogens (tertiary/aromatic N) is 2. The maximum Gasteiger partial charge on any atom is 0.277 e. The average molecular weight is 509 g/mol. The number of carbonyl (C=O) groups is 2. The predicted octanol–water partition coefficient (Wildman–Crippen LogP) is -1.15. The van der Waals surface area contributed by atoms with Crippen LogP contribution in [0.4, 0.5) is 0 Å². The van der Waals surface area contributed by atoms with Crippen molar-refractivity contribution in [3.05, 3.63) is 33.1 Å². The van der Waals surface area contributed by atoms with Gasteiger partial charge in [0.05, 0.1) is 12.1 Å². The second-order valence-corrected chi connectivity index (χ2v) is 7.27. The minimum Gasteiger partial charge on any atom is -0.394 e. The molecule has 2 amide bonds. The molecule has 1 heterocycles. The molecular formula is C15H15Br2N3O7. The monoisotopic (exact) mass is 507 g/mol. The molecule has 2 rings (SSSR count). The summed E-state index contributed by atoms with van der Waals surface area (Å²) in [4.78, 5) is 32.3. The SMILES string of the molecule is O=C(NC(=O)C(O)C(O)C(O)C(O)CO)c1ncnc2c(Br)cc(Br)cc12. The van der Waals surface area contributed by atoms with Gasteiger partial charge < -0.3 is 25.5 Å². The van der Waals surface area contributed by atoms with E-state index in [1.165, 1.54) is 0 Å². The highest BCUT2D eigenvalue weighted by Crippen LogP contribution is 2.28. The minimum atomic E-state index is -2.24. The van der Waals surface area contributed by atoms with E-state index in [0.717, 1.165) is 6.33 Å². The lowest BCUT2D eigenvalue weighted by molar-refractivity contribution is -0.148. The van der Waals surface area contributed by atoms with Gasteiger partial charge in [-0.05, 0) is 28.1 Å². The van der Waals surface area contributed by atoms with Crippen LogP contribution in [0.15, 0.2) is 27.4 Å². The molecule has 4 unspecified atom stereocenters. The molecule has 4 atom stereocenters. The molecule has 0 saturated heterocycles. The summed E-state index contributed by atoms with van der Waals surface area (Å²) in [6.45, 7) is -0.901. The number of amides is 2. The fraction of sp³-hybridized carbons (Fsp3) is 0.333. The molecule has 0 bridgehead atoms. The lowest BCUT2D eigenvalue weighted by atomic mass is 10.0. The Morgan fingerprint density at radius 3 is 2.37 bits per heavy atom. The van der Waals surface area contributed by atoms with E-state index in [1.807, 2.05) is 5.32 Å². The summed E-state index contributed by atoms with van der Waals surface area (Å²) < 4.78 is 1.19. The van der Waals surface area contributed by atoms with Gasteiger partial charge in [-0.25, -0.2) is 9.97 Å². The zero-order valence-electron chi connectivity index (χ0n) is 13.5. The summed E-state index contributed by atoms with van der Waals surface area (Å²) in [6.07, 6.45) is -7.04. The average Bonchev–Trinajstić information content (AvgIpc) is 2.64.